The van der Waals surface area contributed by atoms with Gasteiger partial charge < -0.3 is 33.8 Å². The molecule has 3 heterocycles. The molecule has 0 radical (unpaired) electrons. The molecule has 2 saturated heterocycles. The Balaban J connectivity index is 0.000000510. The molecule has 0 unspecified atom stereocenters. The van der Waals surface area contributed by atoms with Crippen LogP contribution in [-0.2, 0) is 38.6 Å². The van der Waals surface area contributed by atoms with Crippen LogP contribution in [0, 0.1) is 17.2 Å². The van der Waals surface area contributed by atoms with Crippen LogP contribution in [0.1, 0.15) is 41.6 Å². The number of rotatable bonds is 12. The van der Waals surface area contributed by atoms with E-state index in [-0.39, 0.29) is 6.29 Å². The Labute approximate surface area is 262 Å². The number of likely N-dealkylation sites (tertiary alicyclic amines) is 1. The van der Waals surface area contributed by atoms with Crippen molar-refractivity contribution in [3.63, 3.8) is 0 Å². The average molecular weight is 621 g/mol. The highest BCUT2D eigenvalue weighted by Crippen LogP contribution is 2.33. The average Bonchev–Trinajstić information content (AvgIpc) is 3.70. The van der Waals surface area contributed by atoms with Crippen molar-refractivity contribution in [1.82, 2.24) is 15.0 Å². The van der Waals surface area contributed by atoms with Crippen LogP contribution in [0.3, 0.4) is 0 Å². The molecule has 1 aromatic heterocycles. The van der Waals surface area contributed by atoms with Gasteiger partial charge in [-0.05, 0) is 88.6 Å². The molecule has 2 N–H and O–H groups in total. The van der Waals surface area contributed by atoms with Crippen LogP contribution in [0.4, 0.5) is 0 Å². The number of fused-ring (bicyclic) bond motifs is 1. The lowest BCUT2D eigenvalue weighted by molar-refractivity contribution is -0.134. The first-order chi connectivity index (χ1) is 21.7. The molecule has 3 aromatic rings. The lowest BCUT2D eigenvalue weighted by Gasteiger charge is -2.32. The molecule has 2 aromatic carbocycles. The number of hydrogen-bond donors (Lipinski definition) is 2. The lowest BCUT2D eigenvalue weighted by atomic mass is 9.91. The maximum atomic E-state index is 9.55. The van der Waals surface area contributed by atoms with E-state index in [4.69, 9.17) is 34.2 Å². The molecule has 12 nitrogen and oxygen atoms in total. The van der Waals surface area contributed by atoms with Crippen molar-refractivity contribution < 1.29 is 38.5 Å². The number of benzene rings is 2. The van der Waals surface area contributed by atoms with Gasteiger partial charge in [-0.25, -0.2) is 9.59 Å². The number of piperidine rings is 1. The molecular weight excluding hydrogens is 580 g/mol. The fourth-order valence-corrected chi connectivity index (χ4v) is 5.37. The smallest absolute Gasteiger partial charge is 0.328 e. The van der Waals surface area contributed by atoms with Crippen LogP contribution >= 0.6 is 0 Å². The molecular formula is C33H40N4O8. The Morgan fingerprint density at radius 3 is 2.33 bits per heavy atom. The van der Waals surface area contributed by atoms with E-state index in [1.54, 1.807) is 0 Å². The summed E-state index contributed by atoms with van der Waals surface area (Å²) >= 11 is 0. The van der Waals surface area contributed by atoms with E-state index in [9.17, 15) is 9.59 Å². The Bertz CT molecular complexity index is 1460. The van der Waals surface area contributed by atoms with Gasteiger partial charge >= 0.3 is 11.9 Å². The lowest BCUT2D eigenvalue weighted by Crippen LogP contribution is -2.39. The van der Waals surface area contributed by atoms with Gasteiger partial charge in [-0.2, -0.15) is 5.26 Å². The molecule has 2 aliphatic heterocycles. The first-order valence-corrected chi connectivity index (χ1v) is 15.0. The Hall–Kier alpha value is -4.28. The minimum atomic E-state index is -1.26. The summed E-state index contributed by atoms with van der Waals surface area (Å²) in [5.74, 6) is -1.01. The molecule has 12 heteroatoms. The van der Waals surface area contributed by atoms with Crippen LogP contribution < -0.4 is 4.74 Å². The van der Waals surface area contributed by atoms with Gasteiger partial charge in [0.15, 0.2) is 11.9 Å². The van der Waals surface area contributed by atoms with E-state index >= 15 is 0 Å². The van der Waals surface area contributed by atoms with Crippen molar-refractivity contribution in [2.45, 2.75) is 45.1 Å². The summed E-state index contributed by atoms with van der Waals surface area (Å²) in [6, 6.07) is 13.8. The van der Waals surface area contributed by atoms with Crippen molar-refractivity contribution >= 4 is 22.9 Å². The Kier molecular flexibility index (Phi) is 12.5. The maximum Gasteiger partial charge on any atom is 0.328 e. The second-order valence-corrected chi connectivity index (χ2v) is 11.3. The molecule has 5 rings (SSSR count). The first kappa shape index (κ1) is 33.6. The third-order valence-corrected chi connectivity index (χ3v) is 7.69. The topological polar surface area (TPSA) is 159 Å². The van der Waals surface area contributed by atoms with Crippen molar-refractivity contribution in [3.8, 4) is 11.8 Å². The number of aliphatic carboxylic acids is 2. The van der Waals surface area contributed by atoms with Crippen LogP contribution in [0.5, 0.6) is 5.75 Å². The number of aryl methyl sites for hydroxylation is 1. The highest BCUT2D eigenvalue weighted by atomic mass is 16.7. The summed E-state index contributed by atoms with van der Waals surface area (Å²) in [6.07, 6.45) is 5.49. The number of ether oxygens (including phenoxy) is 3. The number of hydrogen-bond acceptors (Lipinski definition) is 10. The van der Waals surface area contributed by atoms with E-state index in [0.717, 1.165) is 66.0 Å². The van der Waals surface area contributed by atoms with Gasteiger partial charge in [0.2, 0.25) is 0 Å². The molecule has 2 fully saturated rings. The molecule has 0 saturated carbocycles. The Morgan fingerprint density at radius 1 is 1.07 bits per heavy atom. The summed E-state index contributed by atoms with van der Waals surface area (Å²) in [4.78, 5) is 23.7. The molecule has 0 amide bonds. The zero-order valence-corrected chi connectivity index (χ0v) is 25.7. The quantitative estimate of drug-likeness (QED) is 0.280. The third-order valence-electron chi connectivity index (χ3n) is 7.69. The second kappa shape index (κ2) is 16.7. The second-order valence-electron chi connectivity index (χ2n) is 11.3. The fraction of sp³-hybridized carbons (Fsp3) is 0.455. The van der Waals surface area contributed by atoms with Gasteiger partial charge in [-0.15, -0.1) is 0 Å². The van der Waals surface area contributed by atoms with E-state index in [1.165, 1.54) is 12.8 Å². The molecule has 0 atom stereocenters. The predicted octanol–water partition coefficient (Wildman–Crippen LogP) is 4.07. The van der Waals surface area contributed by atoms with Gasteiger partial charge in [0, 0.05) is 30.6 Å². The van der Waals surface area contributed by atoms with Gasteiger partial charge in [0.25, 0.3) is 0 Å². The van der Waals surface area contributed by atoms with Gasteiger partial charge in [0.1, 0.15) is 12.4 Å². The molecule has 2 aliphatic rings. The third kappa shape index (κ3) is 10.4. The predicted molar refractivity (Wildman–Crippen MR) is 164 cm³/mol. The van der Waals surface area contributed by atoms with Gasteiger partial charge in [-0.1, -0.05) is 17.3 Å². The molecule has 0 aliphatic carbocycles. The van der Waals surface area contributed by atoms with Gasteiger partial charge in [0.05, 0.1) is 36.1 Å². The number of carboxylic acid groups (broad SMARTS) is 2. The molecule has 0 spiro atoms. The maximum absolute atomic E-state index is 9.55. The highest BCUT2D eigenvalue weighted by Gasteiger charge is 2.25. The number of aromatic nitrogens is 1. The number of carboxylic acids is 2. The fourth-order valence-electron chi connectivity index (χ4n) is 5.37. The summed E-state index contributed by atoms with van der Waals surface area (Å²) < 4.78 is 23.3. The van der Waals surface area contributed by atoms with Gasteiger partial charge in [-0.3, -0.25) is 4.90 Å². The highest BCUT2D eigenvalue weighted by molar-refractivity contribution is 5.89. The van der Waals surface area contributed by atoms with Crippen LogP contribution in [0.15, 0.2) is 53.1 Å². The van der Waals surface area contributed by atoms with Crippen LogP contribution in [0.25, 0.3) is 11.0 Å². The zero-order chi connectivity index (χ0) is 32.2. The van der Waals surface area contributed by atoms with E-state index < -0.39 is 11.9 Å². The monoisotopic (exact) mass is 620 g/mol. The summed E-state index contributed by atoms with van der Waals surface area (Å²) in [6.45, 7) is 5.63. The minimum Gasteiger partial charge on any atom is -0.488 e. The number of carbonyl (C=O) groups is 2. The summed E-state index contributed by atoms with van der Waals surface area (Å²) in [5, 5.41) is 30.2. The van der Waals surface area contributed by atoms with Crippen LogP contribution in [0.2, 0.25) is 0 Å². The van der Waals surface area contributed by atoms with Crippen LogP contribution in [-0.4, -0.2) is 90.3 Å². The number of nitrogens with zero attached hydrogens (tertiary/aromatic N) is 4. The van der Waals surface area contributed by atoms with E-state index in [0.29, 0.717) is 50.0 Å². The SMILES string of the molecule is CN(C)Cc1c(OCc2ccc(C#N)cc2)ccc2c(CCC3CCN(CC4OCCO4)CC3)noc12.O=C(O)/C=C/C(=O)O. The zero-order valence-electron chi connectivity index (χ0n) is 25.7. The molecule has 240 valence electrons. The van der Waals surface area contributed by atoms with Crippen molar-refractivity contribution in [2.24, 2.45) is 5.92 Å². The Morgan fingerprint density at radius 2 is 1.73 bits per heavy atom. The minimum absolute atomic E-state index is 0.0487. The summed E-state index contributed by atoms with van der Waals surface area (Å²) in [7, 11) is 4.08. The number of nitriles is 1. The molecule has 45 heavy (non-hydrogen) atoms. The first-order valence-electron chi connectivity index (χ1n) is 15.0. The van der Waals surface area contributed by atoms with Crippen molar-refractivity contribution in [2.75, 3.05) is 46.9 Å². The molecule has 0 bridgehead atoms. The van der Waals surface area contributed by atoms with E-state index in [2.05, 4.69) is 27.1 Å². The van der Waals surface area contributed by atoms with Crippen molar-refractivity contribution in [3.05, 3.63) is 70.9 Å². The normalized spacial score (nSPS) is 16.1. The summed E-state index contributed by atoms with van der Waals surface area (Å²) in [5.41, 5.74) is 4.52. The van der Waals surface area contributed by atoms with E-state index in [1.807, 2.05) is 44.4 Å². The van der Waals surface area contributed by atoms with Crippen molar-refractivity contribution in [1.29, 1.82) is 5.26 Å². The largest absolute Gasteiger partial charge is 0.488 e. The standard InChI is InChI=1S/C29H36N4O4.C4H4O4/c1-32(2)18-25-27(36-20-23-5-3-22(17-30)4-6-23)10-8-24-26(31-37-29(24)25)9-7-21-11-13-33(14-12-21)19-28-34-15-16-35-28;5-3(6)1-2-4(7)8/h3-6,8,10,21,28H,7,9,11-16,18-20H2,1-2H3;1-2H,(H,5,6)(H,7,8)/b;2-1+.